The quantitative estimate of drug-likeness (QED) is 0.498. The monoisotopic (exact) mass is 256 g/mol. The van der Waals surface area contributed by atoms with Crippen molar-refractivity contribution in [2.75, 3.05) is 0 Å². The molecular formula is C13H12N4S. The fourth-order valence-corrected chi connectivity index (χ4v) is 1.53. The van der Waals surface area contributed by atoms with Gasteiger partial charge in [0.05, 0.1) is 5.69 Å². The van der Waals surface area contributed by atoms with Gasteiger partial charge >= 0.3 is 0 Å². The van der Waals surface area contributed by atoms with Gasteiger partial charge in [-0.1, -0.05) is 36.4 Å². The zero-order valence-electron chi connectivity index (χ0n) is 9.58. The van der Waals surface area contributed by atoms with E-state index < -0.39 is 0 Å². The van der Waals surface area contributed by atoms with Gasteiger partial charge in [0.1, 0.15) is 5.71 Å². The van der Waals surface area contributed by atoms with Crippen molar-refractivity contribution in [1.29, 1.82) is 0 Å². The molecule has 0 atom stereocenters. The summed E-state index contributed by atoms with van der Waals surface area (Å²) >= 11 is 4.75. The van der Waals surface area contributed by atoms with Gasteiger partial charge in [-0.25, -0.2) is 0 Å². The number of nitrogens with zero attached hydrogens (tertiary/aromatic N) is 2. The van der Waals surface area contributed by atoms with Crippen LogP contribution in [0.15, 0.2) is 59.8 Å². The summed E-state index contributed by atoms with van der Waals surface area (Å²) in [5.41, 5.74) is 10.4. The average Bonchev–Trinajstić information content (AvgIpc) is 2.41. The summed E-state index contributed by atoms with van der Waals surface area (Å²) in [5.74, 6) is 0. The van der Waals surface area contributed by atoms with E-state index in [2.05, 4.69) is 15.5 Å². The lowest BCUT2D eigenvalue weighted by Gasteiger charge is -2.06. The maximum absolute atomic E-state index is 5.39. The van der Waals surface area contributed by atoms with Crippen molar-refractivity contribution in [3.8, 4) is 0 Å². The van der Waals surface area contributed by atoms with Crippen molar-refractivity contribution in [2.24, 2.45) is 10.8 Å². The van der Waals surface area contributed by atoms with Gasteiger partial charge in [0.15, 0.2) is 5.11 Å². The van der Waals surface area contributed by atoms with Crippen LogP contribution in [0.5, 0.6) is 0 Å². The second-order valence-electron chi connectivity index (χ2n) is 3.52. The van der Waals surface area contributed by atoms with Crippen molar-refractivity contribution in [2.45, 2.75) is 0 Å². The Morgan fingerprint density at radius 2 is 1.83 bits per heavy atom. The van der Waals surface area contributed by atoms with Crippen LogP contribution in [0.2, 0.25) is 0 Å². The topological polar surface area (TPSA) is 63.3 Å². The van der Waals surface area contributed by atoms with Gasteiger partial charge in [-0.3, -0.25) is 10.4 Å². The highest BCUT2D eigenvalue weighted by Gasteiger charge is 2.07. The molecule has 0 saturated heterocycles. The molecule has 5 heteroatoms. The summed E-state index contributed by atoms with van der Waals surface area (Å²) in [5, 5.41) is 4.33. The summed E-state index contributed by atoms with van der Waals surface area (Å²) in [6, 6.07) is 15.4. The molecule has 1 aromatic heterocycles. The van der Waals surface area contributed by atoms with Gasteiger partial charge in [-0.05, 0) is 24.4 Å². The first-order valence-electron chi connectivity index (χ1n) is 5.37. The molecule has 90 valence electrons. The minimum Gasteiger partial charge on any atom is -0.375 e. The number of pyridine rings is 1. The molecule has 0 bridgehead atoms. The molecule has 0 fully saturated rings. The maximum atomic E-state index is 5.39. The number of aromatic nitrogens is 1. The molecule has 2 rings (SSSR count). The highest BCUT2D eigenvalue weighted by molar-refractivity contribution is 7.80. The summed E-state index contributed by atoms with van der Waals surface area (Å²) < 4.78 is 0. The van der Waals surface area contributed by atoms with Crippen molar-refractivity contribution in [3.05, 3.63) is 66.0 Å². The molecule has 0 aliphatic rings. The number of nitrogens with one attached hydrogen (secondary N) is 1. The van der Waals surface area contributed by atoms with Crippen LogP contribution in [0, 0.1) is 0 Å². The van der Waals surface area contributed by atoms with Crippen molar-refractivity contribution in [3.63, 3.8) is 0 Å². The minimum atomic E-state index is 0.124. The zero-order valence-corrected chi connectivity index (χ0v) is 10.4. The molecule has 0 radical (unpaired) electrons. The van der Waals surface area contributed by atoms with E-state index >= 15 is 0 Å². The lowest BCUT2D eigenvalue weighted by Crippen LogP contribution is -2.26. The molecule has 0 unspecified atom stereocenters. The second-order valence-corrected chi connectivity index (χ2v) is 3.96. The number of nitrogens with two attached hydrogens (primary N) is 1. The third-order valence-electron chi connectivity index (χ3n) is 2.23. The third-order valence-corrected chi connectivity index (χ3v) is 2.32. The van der Waals surface area contributed by atoms with Crippen LogP contribution in [-0.4, -0.2) is 15.8 Å². The largest absolute Gasteiger partial charge is 0.375 e. The molecule has 1 heterocycles. The van der Waals surface area contributed by atoms with Gasteiger partial charge in [-0.2, -0.15) is 5.10 Å². The predicted molar refractivity (Wildman–Crippen MR) is 76.2 cm³/mol. The summed E-state index contributed by atoms with van der Waals surface area (Å²) in [7, 11) is 0. The first-order chi connectivity index (χ1) is 8.77. The molecule has 0 saturated carbocycles. The molecule has 4 nitrogen and oxygen atoms in total. The van der Waals surface area contributed by atoms with Gasteiger partial charge in [0, 0.05) is 11.8 Å². The zero-order chi connectivity index (χ0) is 12.8. The number of hydrazone groups is 1. The van der Waals surface area contributed by atoms with E-state index in [4.69, 9.17) is 18.0 Å². The molecule has 0 amide bonds. The van der Waals surface area contributed by atoms with Crippen LogP contribution in [-0.2, 0) is 0 Å². The summed E-state index contributed by atoms with van der Waals surface area (Å²) in [6.45, 7) is 0. The van der Waals surface area contributed by atoms with Gasteiger partial charge in [-0.15, -0.1) is 0 Å². The molecule has 0 aliphatic carbocycles. The third kappa shape index (κ3) is 3.11. The Labute approximate surface area is 111 Å². The van der Waals surface area contributed by atoms with Crippen molar-refractivity contribution >= 4 is 23.0 Å². The summed E-state index contributed by atoms with van der Waals surface area (Å²) in [6.07, 6.45) is 1.72. The lowest BCUT2D eigenvalue weighted by molar-refractivity contribution is 1.03. The van der Waals surface area contributed by atoms with E-state index in [9.17, 15) is 0 Å². The molecule has 18 heavy (non-hydrogen) atoms. The standard InChI is InChI=1S/C13H12N4S/c14-13(18)17-16-12(10-6-2-1-3-7-10)11-8-4-5-9-15-11/h1-9H,(H3,14,17,18)/b16-12+. The Morgan fingerprint density at radius 1 is 1.11 bits per heavy atom. The molecule has 2 aromatic rings. The smallest absolute Gasteiger partial charge is 0.184 e. The number of hydrogen-bond acceptors (Lipinski definition) is 3. The van der Waals surface area contributed by atoms with Crippen LogP contribution in [0.25, 0.3) is 0 Å². The maximum Gasteiger partial charge on any atom is 0.184 e. The van der Waals surface area contributed by atoms with Gasteiger partial charge < -0.3 is 5.73 Å². The van der Waals surface area contributed by atoms with E-state index in [-0.39, 0.29) is 5.11 Å². The molecule has 0 spiro atoms. The SMILES string of the molecule is NC(=S)N/N=C(\c1ccccc1)c1ccccn1. The number of rotatable bonds is 3. The van der Waals surface area contributed by atoms with E-state index in [1.807, 2.05) is 48.5 Å². The lowest BCUT2D eigenvalue weighted by atomic mass is 10.1. The molecule has 3 N–H and O–H groups in total. The normalized spacial score (nSPS) is 11.0. The fourth-order valence-electron chi connectivity index (χ4n) is 1.48. The Morgan fingerprint density at radius 3 is 2.44 bits per heavy atom. The molecule has 0 aliphatic heterocycles. The first kappa shape index (κ1) is 12.2. The van der Waals surface area contributed by atoms with Crippen LogP contribution < -0.4 is 11.2 Å². The van der Waals surface area contributed by atoms with Crippen LogP contribution >= 0.6 is 12.2 Å². The first-order valence-corrected chi connectivity index (χ1v) is 5.78. The molecule has 1 aromatic carbocycles. The average molecular weight is 256 g/mol. The van der Waals surface area contributed by atoms with E-state index in [1.165, 1.54) is 0 Å². The van der Waals surface area contributed by atoms with E-state index in [0.29, 0.717) is 5.71 Å². The van der Waals surface area contributed by atoms with Crippen LogP contribution in [0.1, 0.15) is 11.3 Å². The highest BCUT2D eigenvalue weighted by Crippen LogP contribution is 2.07. The van der Waals surface area contributed by atoms with Crippen LogP contribution in [0.3, 0.4) is 0 Å². The number of benzene rings is 1. The van der Waals surface area contributed by atoms with Crippen LogP contribution in [0.4, 0.5) is 0 Å². The number of thiocarbonyl (C=S) groups is 1. The van der Waals surface area contributed by atoms with E-state index in [0.717, 1.165) is 11.3 Å². The number of hydrogen-bond donors (Lipinski definition) is 2. The van der Waals surface area contributed by atoms with E-state index in [1.54, 1.807) is 6.20 Å². The van der Waals surface area contributed by atoms with Crippen molar-refractivity contribution < 1.29 is 0 Å². The van der Waals surface area contributed by atoms with Gasteiger partial charge in [0.25, 0.3) is 0 Å². The Kier molecular flexibility index (Phi) is 3.98. The summed E-state index contributed by atoms with van der Waals surface area (Å²) in [4.78, 5) is 4.28. The predicted octanol–water partition coefficient (Wildman–Crippen LogP) is 1.67. The fraction of sp³-hybridized carbons (Fsp3) is 0. The Hall–Kier alpha value is -2.27. The van der Waals surface area contributed by atoms with Crippen molar-refractivity contribution in [1.82, 2.24) is 10.4 Å². The molecular weight excluding hydrogens is 244 g/mol. The highest BCUT2D eigenvalue weighted by atomic mass is 32.1. The Balaban J connectivity index is 2.42. The minimum absolute atomic E-state index is 0.124. The Bertz CT molecular complexity index is 510. The van der Waals surface area contributed by atoms with Gasteiger partial charge in [0.2, 0.25) is 0 Å². The second kappa shape index (κ2) is 5.88.